The van der Waals surface area contributed by atoms with E-state index in [0.717, 1.165) is 0 Å². The molecule has 2 rings (SSSR count). The highest BCUT2D eigenvalue weighted by molar-refractivity contribution is 7.64. The molecule has 2 aromatic rings. The van der Waals surface area contributed by atoms with Crippen molar-refractivity contribution in [3.63, 3.8) is 0 Å². The van der Waals surface area contributed by atoms with Gasteiger partial charge in [0, 0.05) is 0 Å². The first kappa shape index (κ1) is 14.8. The van der Waals surface area contributed by atoms with Crippen molar-refractivity contribution in [1.82, 2.24) is 0 Å². The van der Waals surface area contributed by atoms with Gasteiger partial charge in [0.2, 0.25) is 0 Å². The maximum absolute atomic E-state index is 2.62. The molecule has 1 aromatic heterocycles. The van der Waals surface area contributed by atoms with Gasteiger partial charge in [-0.2, -0.15) is 0 Å². The summed E-state index contributed by atoms with van der Waals surface area (Å²) in [5, 5.41) is 3.19. The smallest absolute Gasteiger partial charge is 0.0831 e. The second-order valence-corrected chi connectivity index (χ2v) is 19.9. The Bertz CT molecular complexity index is 557. The van der Waals surface area contributed by atoms with E-state index in [1.807, 2.05) is 0 Å². The fourth-order valence-electron chi connectivity index (χ4n) is 2.25. The lowest BCUT2D eigenvalue weighted by molar-refractivity contribution is 1.75. The fraction of sp³-hybridized carbons (Fsp3) is 0.375. The van der Waals surface area contributed by atoms with Gasteiger partial charge in [-0.1, -0.05) is 88.4 Å². The second kappa shape index (κ2) is 5.08. The summed E-state index contributed by atoms with van der Waals surface area (Å²) in [5.41, 5.74) is 0. The molecule has 0 aliphatic carbocycles. The molecule has 1 atom stereocenters. The lowest BCUT2D eigenvalue weighted by Gasteiger charge is -2.18. The van der Waals surface area contributed by atoms with Crippen molar-refractivity contribution in [2.75, 3.05) is 0 Å². The molecule has 3 heteroatoms. The molecule has 0 saturated heterocycles. The summed E-state index contributed by atoms with van der Waals surface area (Å²) in [4.78, 5) is 1.77. The van der Waals surface area contributed by atoms with Crippen LogP contribution < -0.4 is 10.1 Å². The Morgan fingerprint density at radius 3 is 1.84 bits per heavy atom. The fourth-order valence-corrected chi connectivity index (χ4v) is 10.8. The van der Waals surface area contributed by atoms with Gasteiger partial charge in [0.25, 0.3) is 0 Å². The van der Waals surface area contributed by atoms with Crippen LogP contribution in [0, 0.1) is 0 Å². The van der Waals surface area contributed by atoms with Gasteiger partial charge in [0.15, 0.2) is 0 Å². The summed E-state index contributed by atoms with van der Waals surface area (Å²) in [6.45, 7) is 14.8. The van der Waals surface area contributed by atoms with Crippen molar-refractivity contribution < 1.29 is 0 Å². The van der Waals surface area contributed by atoms with Gasteiger partial charge < -0.3 is 0 Å². The van der Waals surface area contributed by atoms with E-state index >= 15 is 0 Å². The van der Waals surface area contributed by atoms with Crippen molar-refractivity contribution in [2.45, 2.75) is 39.3 Å². The average Bonchev–Trinajstić information content (AvgIpc) is 2.74. The van der Waals surface area contributed by atoms with E-state index in [1.165, 1.54) is 5.30 Å². The molecule has 0 aliphatic rings. The Kier molecular flexibility index (Phi) is 3.97. The average molecular weight is 305 g/mol. The van der Waals surface area contributed by atoms with Crippen LogP contribution in [0.5, 0.6) is 0 Å². The van der Waals surface area contributed by atoms with E-state index in [2.05, 4.69) is 81.5 Å². The zero-order chi connectivity index (χ0) is 14.3. The van der Waals surface area contributed by atoms with Gasteiger partial charge in [-0.15, -0.1) is 0 Å². The van der Waals surface area contributed by atoms with Gasteiger partial charge in [-0.3, -0.25) is 0 Å². The van der Waals surface area contributed by atoms with E-state index in [0.29, 0.717) is 0 Å². The highest BCUT2D eigenvalue weighted by atomic mass is 31.1. The minimum absolute atomic E-state index is 0.200. The Hall–Kier alpha value is -0.566. The van der Waals surface area contributed by atoms with Crippen LogP contribution in [-0.2, 0) is 0 Å². The van der Waals surface area contributed by atoms with Crippen LogP contribution in [0.2, 0.25) is 39.3 Å². The first-order valence-electron chi connectivity index (χ1n) is 6.98. The lowest BCUT2D eigenvalue weighted by Crippen LogP contribution is -2.40. The van der Waals surface area contributed by atoms with Gasteiger partial charge in [0.1, 0.15) is 0 Å². The summed E-state index contributed by atoms with van der Waals surface area (Å²) < 4.78 is 0. The minimum Gasteiger partial charge on any atom is -0.0944 e. The third kappa shape index (κ3) is 3.31. The minimum atomic E-state index is -1.23. The largest absolute Gasteiger partial charge is 0.0944 e. The summed E-state index contributed by atoms with van der Waals surface area (Å²) in [7, 11) is -2.63. The summed E-state index contributed by atoms with van der Waals surface area (Å²) in [6.07, 6.45) is 0. The third-order valence-electron chi connectivity index (χ3n) is 3.49. The Morgan fingerprint density at radius 1 is 0.789 bits per heavy atom. The molecular formula is C16H25PSi2. The van der Waals surface area contributed by atoms with Crippen LogP contribution in [-0.4, -0.2) is 16.1 Å². The molecule has 0 fully saturated rings. The number of benzene rings is 1. The van der Waals surface area contributed by atoms with Gasteiger partial charge in [-0.05, 0) is 16.0 Å². The normalized spacial score (nSPS) is 13.7. The number of hydrogen-bond acceptors (Lipinski definition) is 0. The molecule has 1 aromatic carbocycles. The first-order chi connectivity index (χ1) is 8.69. The SMILES string of the molecule is C[Si](C)(C)c1cc([Si](C)(C)C)p(-c2ccccc2)c1. The quantitative estimate of drug-likeness (QED) is 0.718. The molecular weight excluding hydrogens is 279 g/mol. The van der Waals surface area contributed by atoms with E-state index in [9.17, 15) is 0 Å². The molecule has 0 N–H and O–H groups in total. The summed E-state index contributed by atoms with van der Waals surface area (Å²) >= 11 is 0. The molecule has 0 aliphatic heterocycles. The second-order valence-electron chi connectivity index (χ2n) is 7.32. The van der Waals surface area contributed by atoms with Crippen molar-refractivity contribution in [3.8, 4) is 5.30 Å². The molecule has 1 heterocycles. The van der Waals surface area contributed by atoms with Crippen LogP contribution in [0.15, 0.2) is 42.2 Å². The zero-order valence-corrected chi connectivity index (χ0v) is 15.9. The van der Waals surface area contributed by atoms with Gasteiger partial charge in [0.05, 0.1) is 16.1 Å². The van der Waals surface area contributed by atoms with Crippen LogP contribution in [0.25, 0.3) is 5.30 Å². The molecule has 0 saturated carbocycles. The van der Waals surface area contributed by atoms with Crippen molar-refractivity contribution in [3.05, 3.63) is 42.2 Å². The topological polar surface area (TPSA) is 0 Å². The summed E-state index contributed by atoms with van der Waals surface area (Å²) in [5.74, 6) is 2.62. The Balaban J connectivity index is 2.63. The third-order valence-corrected chi connectivity index (χ3v) is 12.2. The van der Waals surface area contributed by atoms with Crippen LogP contribution in [0.1, 0.15) is 0 Å². The highest BCUT2D eigenvalue weighted by Gasteiger charge is 2.26. The molecule has 19 heavy (non-hydrogen) atoms. The molecule has 1 unspecified atom stereocenters. The maximum Gasteiger partial charge on any atom is 0.0831 e. The number of hydrogen-bond donors (Lipinski definition) is 0. The van der Waals surface area contributed by atoms with Crippen LogP contribution >= 0.6 is 7.53 Å². The Labute approximate surface area is 121 Å². The monoisotopic (exact) mass is 304 g/mol. The maximum atomic E-state index is 2.62. The predicted octanol–water partition coefficient (Wildman–Crippen LogP) is 4.75. The van der Waals surface area contributed by atoms with E-state index in [-0.39, 0.29) is 7.53 Å². The van der Waals surface area contributed by atoms with Crippen molar-refractivity contribution in [1.29, 1.82) is 0 Å². The van der Waals surface area contributed by atoms with Crippen molar-refractivity contribution >= 4 is 33.8 Å². The van der Waals surface area contributed by atoms with Gasteiger partial charge >= 0.3 is 0 Å². The molecule has 102 valence electrons. The van der Waals surface area contributed by atoms with Crippen LogP contribution in [0.3, 0.4) is 0 Å². The summed E-state index contributed by atoms with van der Waals surface area (Å²) in [6, 6.07) is 13.7. The molecule has 0 radical (unpaired) electrons. The predicted molar refractivity (Wildman–Crippen MR) is 96.4 cm³/mol. The van der Waals surface area contributed by atoms with Crippen LogP contribution in [0.4, 0.5) is 0 Å². The molecule has 0 nitrogen and oxygen atoms in total. The van der Waals surface area contributed by atoms with Gasteiger partial charge in [-0.25, -0.2) is 0 Å². The molecule has 0 amide bonds. The Morgan fingerprint density at radius 2 is 1.37 bits per heavy atom. The standard InChI is InChI=1S/C16H25PSi2/c1-18(2,3)15-12-16(19(4,5)6)17(13-15)14-10-8-7-9-11-14/h7-13H,1-6H3. The van der Waals surface area contributed by atoms with E-state index in [4.69, 9.17) is 0 Å². The number of rotatable bonds is 3. The molecule has 0 spiro atoms. The van der Waals surface area contributed by atoms with Crippen molar-refractivity contribution in [2.24, 2.45) is 0 Å². The molecule has 0 bridgehead atoms. The highest BCUT2D eigenvalue weighted by Crippen LogP contribution is 2.38. The zero-order valence-electron chi connectivity index (χ0n) is 13.0. The lowest BCUT2D eigenvalue weighted by atomic mass is 10.4. The van der Waals surface area contributed by atoms with E-state index in [1.54, 1.807) is 10.1 Å². The van der Waals surface area contributed by atoms with E-state index < -0.39 is 16.1 Å². The first-order valence-corrected chi connectivity index (χ1v) is 15.4.